The Morgan fingerprint density at radius 1 is 1.31 bits per heavy atom. The lowest BCUT2D eigenvalue weighted by Gasteiger charge is -2.37. The van der Waals surface area contributed by atoms with Crippen LogP contribution in [-0.2, 0) is 6.61 Å². The van der Waals surface area contributed by atoms with Crippen molar-refractivity contribution in [2.45, 2.75) is 13.5 Å². The van der Waals surface area contributed by atoms with Crippen LogP contribution in [0.15, 0.2) is 16.2 Å². The smallest absolute Gasteiger partial charge is 0.342 e. The molecule has 0 amide bonds. The first-order valence-corrected chi connectivity index (χ1v) is 10.0. The number of pyridine rings is 1. The maximum atomic E-state index is 15.2. The average Bonchev–Trinajstić information content (AvgIpc) is 3.11. The number of aromatic nitrogens is 1. The Bertz CT molecular complexity index is 1200. The molecule has 0 spiro atoms. The number of halogens is 2. The van der Waals surface area contributed by atoms with Crippen LogP contribution in [-0.4, -0.2) is 53.1 Å². The van der Waals surface area contributed by atoms with Gasteiger partial charge in [0.25, 0.3) is 0 Å². The number of aromatic carboxylic acids is 1. The van der Waals surface area contributed by atoms with Gasteiger partial charge in [0.1, 0.15) is 22.8 Å². The molecule has 0 saturated carbocycles. The lowest BCUT2D eigenvalue weighted by molar-refractivity contribution is 0.0697. The van der Waals surface area contributed by atoms with E-state index in [1.54, 1.807) is 9.78 Å². The molecule has 0 radical (unpaired) electrons. The number of nitrogens with zero attached hydrogens (tertiary/aromatic N) is 3. The Morgan fingerprint density at radius 2 is 2.03 bits per heavy atom. The van der Waals surface area contributed by atoms with Gasteiger partial charge < -0.3 is 19.6 Å². The second-order valence-electron chi connectivity index (χ2n) is 7.02. The lowest BCUT2D eigenvalue weighted by atomic mass is 10.0. The van der Waals surface area contributed by atoms with Crippen molar-refractivity contribution in [3.63, 3.8) is 0 Å². The largest absolute Gasteiger partial charge is 0.477 e. The topological polar surface area (TPSA) is 74.5 Å². The molecule has 5 rings (SSSR count). The molecule has 2 aliphatic heterocycles. The summed E-state index contributed by atoms with van der Waals surface area (Å²) in [6.07, 6.45) is 0. The number of likely N-dealkylation sites (N-methyl/N-ethyl adjacent to an activating group) is 1. The number of benzene rings is 1. The van der Waals surface area contributed by atoms with E-state index in [1.807, 2.05) is 4.90 Å². The van der Waals surface area contributed by atoms with Crippen molar-refractivity contribution < 1.29 is 19.0 Å². The van der Waals surface area contributed by atoms with Gasteiger partial charge in [-0.05, 0) is 12.6 Å². The molecule has 0 bridgehead atoms. The summed E-state index contributed by atoms with van der Waals surface area (Å²) in [6.45, 7) is 6.25. The van der Waals surface area contributed by atoms with Crippen molar-refractivity contribution in [3.8, 4) is 5.88 Å². The SMILES string of the molecule is CCN1CCN(c2c(F)cc3c(=O)c(C(=O)O)c4scc5n4c3c2CO5)CC1.Cl. The number of carboxylic acids is 1. The lowest BCUT2D eigenvalue weighted by Crippen LogP contribution is -2.47. The van der Waals surface area contributed by atoms with E-state index in [4.69, 9.17) is 4.74 Å². The number of anilines is 1. The summed E-state index contributed by atoms with van der Waals surface area (Å²) in [6, 6.07) is 1.19. The number of hydrogen-bond donors (Lipinski definition) is 1. The fourth-order valence-electron chi connectivity index (χ4n) is 4.24. The number of rotatable bonds is 3. The van der Waals surface area contributed by atoms with Crippen molar-refractivity contribution in [2.24, 2.45) is 0 Å². The van der Waals surface area contributed by atoms with Crippen molar-refractivity contribution >= 4 is 51.1 Å². The highest BCUT2D eigenvalue weighted by molar-refractivity contribution is 7.16. The van der Waals surface area contributed by atoms with E-state index in [0.29, 0.717) is 40.6 Å². The molecule has 154 valence electrons. The zero-order valence-electron chi connectivity index (χ0n) is 15.6. The fraction of sp³-hybridized carbons (Fsp3) is 0.368. The van der Waals surface area contributed by atoms with Gasteiger partial charge in [0.15, 0.2) is 0 Å². The number of thiazole rings is 1. The molecule has 7 nitrogen and oxygen atoms in total. The van der Waals surface area contributed by atoms with E-state index >= 15 is 4.39 Å². The van der Waals surface area contributed by atoms with Crippen LogP contribution < -0.4 is 15.1 Å². The monoisotopic (exact) mass is 439 g/mol. The van der Waals surface area contributed by atoms with Crippen LogP contribution >= 0.6 is 23.7 Å². The molecule has 4 heterocycles. The highest BCUT2D eigenvalue weighted by atomic mass is 35.5. The predicted molar refractivity (Wildman–Crippen MR) is 112 cm³/mol. The van der Waals surface area contributed by atoms with E-state index in [2.05, 4.69) is 11.8 Å². The molecule has 29 heavy (non-hydrogen) atoms. The van der Waals surface area contributed by atoms with Crippen molar-refractivity contribution in [1.29, 1.82) is 0 Å². The fourth-order valence-corrected chi connectivity index (χ4v) is 5.21. The first-order valence-electron chi connectivity index (χ1n) is 9.16. The first-order chi connectivity index (χ1) is 13.5. The van der Waals surface area contributed by atoms with Gasteiger partial charge in [0, 0.05) is 31.7 Å². The van der Waals surface area contributed by atoms with Gasteiger partial charge in [0.2, 0.25) is 11.3 Å². The van der Waals surface area contributed by atoms with E-state index in [-0.39, 0.29) is 30.0 Å². The Labute approximate surface area is 175 Å². The Balaban J connectivity index is 0.00000205. The standard InChI is InChI=1S/C19H18FN3O4S.ClH/c1-2-21-3-5-22(6-4-21)16-11-8-27-13-9-28-18-14(19(25)26)17(24)10(7-12(16)20)15(11)23(13)18;/h7,9H,2-6,8H2,1H3,(H,25,26);1H. The molecule has 3 aromatic rings. The van der Waals surface area contributed by atoms with Crippen molar-refractivity contribution in [2.75, 3.05) is 37.6 Å². The highest BCUT2D eigenvalue weighted by Crippen LogP contribution is 2.39. The molecule has 1 N–H and O–H groups in total. The Hall–Kier alpha value is -2.36. The van der Waals surface area contributed by atoms with Crippen LogP contribution in [0, 0.1) is 5.82 Å². The Kier molecular flexibility index (Phi) is 4.92. The van der Waals surface area contributed by atoms with Gasteiger partial charge in [-0.2, -0.15) is 0 Å². The summed E-state index contributed by atoms with van der Waals surface area (Å²) in [5.41, 5.74) is 0.622. The minimum absolute atomic E-state index is 0. The average molecular weight is 440 g/mol. The summed E-state index contributed by atoms with van der Waals surface area (Å²) in [5.74, 6) is -1.35. The number of ether oxygens (including phenoxy) is 1. The van der Waals surface area contributed by atoms with Crippen LogP contribution in [0.1, 0.15) is 22.8 Å². The van der Waals surface area contributed by atoms with E-state index < -0.39 is 17.2 Å². The number of piperazine rings is 1. The molecule has 10 heteroatoms. The van der Waals surface area contributed by atoms with Crippen LogP contribution in [0.4, 0.5) is 10.1 Å². The minimum atomic E-state index is -1.32. The van der Waals surface area contributed by atoms with Gasteiger partial charge in [0.05, 0.1) is 22.0 Å². The van der Waals surface area contributed by atoms with E-state index in [1.165, 1.54) is 6.07 Å². The summed E-state index contributed by atoms with van der Waals surface area (Å²) in [5, 5.41) is 11.3. The summed E-state index contributed by atoms with van der Waals surface area (Å²) < 4.78 is 22.6. The third kappa shape index (κ3) is 2.79. The van der Waals surface area contributed by atoms with Gasteiger partial charge in [-0.3, -0.25) is 9.20 Å². The molecular weight excluding hydrogens is 421 g/mol. The molecular formula is C19H19ClFN3O4S. The number of hydrogen-bond acceptors (Lipinski definition) is 6. The summed E-state index contributed by atoms with van der Waals surface area (Å²) in [7, 11) is 0. The molecule has 2 aliphatic rings. The highest BCUT2D eigenvalue weighted by Gasteiger charge is 2.31. The normalized spacial score (nSPS) is 16.3. The molecule has 2 aromatic heterocycles. The molecule has 0 atom stereocenters. The van der Waals surface area contributed by atoms with Crippen LogP contribution in [0.2, 0.25) is 0 Å². The van der Waals surface area contributed by atoms with Crippen LogP contribution in [0.5, 0.6) is 5.88 Å². The molecule has 1 aromatic carbocycles. The third-order valence-corrected chi connectivity index (χ3v) is 6.57. The van der Waals surface area contributed by atoms with Crippen LogP contribution in [0.25, 0.3) is 15.7 Å². The summed E-state index contributed by atoms with van der Waals surface area (Å²) in [4.78, 5) is 29.2. The number of carboxylic acid groups (broad SMARTS) is 1. The van der Waals surface area contributed by atoms with E-state index in [0.717, 1.165) is 31.0 Å². The summed E-state index contributed by atoms with van der Waals surface area (Å²) >= 11 is 1.15. The second-order valence-corrected chi connectivity index (χ2v) is 7.87. The zero-order valence-corrected chi connectivity index (χ0v) is 17.2. The quantitative estimate of drug-likeness (QED) is 0.676. The molecule has 0 aliphatic carbocycles. The van der Waals surface area contributed by atoms with Gasteiger partial charge in [-0.15, -0.1) is 23.7 Å². The van der Waals surface area contributed by atoms with Gasteiger partial charge in [-0.1, -0.05) is 6.92 Å². The van der Waals surface area contributed by atoms with Gasteiger partial charge in [-0.25, -0.2) is 9.18 Å². The predicted octanol–water partition coefficient (Wildman–Crippen LogP) is 2.81. The first kappa shape index (κ1) is 19.9. The maximum Gasteiger partial charge on any atom is 0.342 e. The second kappa shape index (κ2) is 7.16. The minimum Gasteiger partial charge on any atom is -0.477 e. The van der Waals surface area contributed by atoms with Crippen molar-refractivity contribution in [1.82, 2.24) is 9.30 Å². The Morgan fingerprint density at radius 3 is 2.69 bits per heavy atom. The molecule has 1 fully saturated rings. The van der Waals surface area contributed by atoms with E-state index in [9.17, 15) is 14.7 Å². The number of carbonyl (C=O) groups is 1. The van der Waals surface area contributed by atoms with Gasteiger partial charge >= 0.3 is 5.97 Å². The molecule has 1 saturated heterocycles. The third-order valence-electron chi connectivity index (χ3n) is 5.64. The molecule has 0 unspecified atom stereocenters. The maximum absolute atomic E-state index is 15.2. The zero-order chi connectivity index (χ0) is 19.6. The van der Waals surface area contributed by atoms with Crippen LogP contribution in [0.3, 0.4) is 0 Å². The van der Waals surface area contributed by atoms with Crippen molar-refractivity contribution in [3.05, 3.63) is 38.6 Å².